The third kappa shape index (κ3) is 2.51. The van der Waals surface area contributed by atoms with Crippen molar-refractivity contribution in [1.29, 1.82) is 5.26 Å². The molecule has 0 spiro atoms. The van der Waals surface area contributed by atoms with E-state index in [4.69, 9.17) is 5.73 Å². The normalized spacial score (nSPS) is 19.1. The van der Waals surface area contributed by atoms with Crippen LogP contribution in [0.5, 0.6) is 0 Å². The molecule has 1 aliphatic rings. The molecule has 1 aliphatic heterocycles. The van der Waals surface area contributed by atoms with Gasteiger partial charge in [-0.25, -0.2) is 4.68 Å². The van der Waals surface area contributed by atoms with Crippen molar-refractivity contribution in [2.24, 2.45) is 5.92 Å². The van der Waals surface area contributed by atoms with Gasteiger partial charge in [0, 0.05) is 13.1 Å². The molecular formula is C13H21N5O. The van der Waals surface area contributed by atoms with Crippen LogP contribution >= 0.6 is 0 Å². The van der Waals surface area contributed by atoms with Crippen LogP contribution in [0.1, 0.15) is 32.3 Å². The molecule has 19 heavy (non-hydrogen) atoms. The van der Waals surface area contributed by atoms with Crippen molar-refractivity contribution < 1.29 is 5.11 Å². The van der Waals surface area contributed by atoms with E-state index in [0.717, 1.165) is 19.4 Å². The minimum atomic E-state index is 0.0499. The molecule has 0 radical (unpaired) electrons. The Morgan fingerprint density at radius 2 is 2.32 bits per heavy atom. The summed E-state index contributed by atoms with van der Waals surface area (Å²) in [6.07, 6.45) is 1.94. The molecule has 0 aliphatic carbocycles. The fourth-order valence-electron chi connectivity index (χ4n) is 2.56. The summed E-state index contributed by atoms with van der Waals surface area (Å²) in [5.74, 6) is 1.46. The van der Waals surface area contributed by atoms with Gasteiger partial charge in [-0.2, -0.15) is 10.4 Å². The Morgan fingerprint density at radius 1 is 1.58 bits per heavy atom. The van der Waals surface area contributed by atoms with Crippen LogP contribution in [0.3, 0.4) is 0 Å². The summed E-state index contributed by atoms with van der Waals surface area (Å²) in [6, 6.07) is 2.20. The zero-order chi connectivity index (χ0) is 14.0. The molecule has 1 unspecified atom stereocenters. The van der Waals surface area contributed by atoms with Gasteiger partial charge in [0.15, 0.2) is 5.82 Å². The molecule has 6 nitrogen and oxygen atoms in total. The number of aliphatic hydroxyl groups excluding tert-OH is 1. The molecule has 0 aromatic carbocycles. The Hall–Kier alpha value is -1.74. The maximum absolute atomic E-state index is 9.39. The Labute approximate surface area is 113 Å². The van der Waals surface area contributed by atoms with Crippen LogP contribution in [0, 0.1) is 17.2 Å². The summed E-state index contributed by atoms with van der Waals surface area (Å²) in [7, 11) is 0. The Kier molecular flexibility index (Phi) is 3.96. The molecule has 6 heteroatoms. The van der Waals surface area contributed by atoms with E-state index in [1.807, 2.05) is 4.90 Å². The number of nitrogen functional groups attached to an aromatic ring is 1. The molecule has 0 saturated carbocycles. The molecule has 0 amide bonds. The third-order valence-corrected chi connectivity index (χ3v) is 3.48. The largest absolute Gasteiger partial charge is 0.394 e. The summed E-state index contributed by atoms with van der Waals surface area (Å²) in [6.45, 7) is 5.76. The van der Waals surface area contributed by atoms with Crippen LogP contribution in [0.4, 0.5) is 11.6 Å². The lowest BCUT2D eigenvalue weighted by molar-refractivity contribution is 0.266. The van der Waals surface area contributed by atoms with Gasteiger partial charge in [-0.15, -0.1) is 0 Å². The zero-order valence-corrected chi connectivity index (χ0v) is 11.5. The number of nitriles is 1. The van der Waals surface area contributed by atoms with Crippen molar-refractivity contribution in [1.82, 2.24) is 9.78 Å². The van der Waals surface area contributed by atoms with Gasteiger partial charge in [0.05, 0.1) is 12.6 Å². The molecule has 1 aromatic heterocycles. The van der Waals surface area contributed by atoms with Gasteiger partial charge < -0.3 is 15.7 Å². The van der Waals surface area contributed by atoms with Crippen molar-refractivity contribution in [3.05, 3.63) is 5.56 Å². The molecule has 1 saturated heterocycles. The summed E-state index contributed by atoms with van der Waals surface area (Å²) in [4.78, 5) is 2.01. The molecule has 1 aromatic rings. The molecule has 1 atom stereocenters. The minimum absolute atomic E-state index is 0.0499. The van der Waals surface area contributed by atoms with Crippen LogP contribution in [-0.4, -0.2) is 34.1 Å². The third-order valence-electron chi connectivity index (χ3n) is 3.48. The first-order chi connectivity index (χ1) is 9.08. The van der Waals surface area contributed by atoms with Crippen molar-refractivity contribution in [2.75, 3.05) is 23.8 Å². The first-order valence-corrected chi connectivity index (χ1v) is 6.72. The van der Waals surface area contributed by atoms with Crippen molar-refractivity contribution in [3.8, 4) is 6.07 Å². The highest BCUT2D eigenvalue weighted by Crippen LogP contribution is 2.30. The first kappa shape index (κ1) is 13.7. The molecule has 0 bridgehead atoms. The van der Waals surface area contributed by atoms with Gasteiger partial charge >= 0.3 is 0 Å². The van der Waals surface area contributed by atoms with Gasteiger partial charge in [-0.3, -0.25) is 0 Å². The van der Waals surface area contributed by atoms with Crippen molar-refractivity contribution in [3.63, 3.8) is 0 Å². The fraction of sp³-hybridized carbons (Fsp3) is 0.692. The molecule has 104 valence electrons. The molecule has 2 rings (SSSR count). The lowest BCUT2D eigenvalue weighted by Gasteiger charge is -2.22. The average molecular weight is 263 g/mol. The lowest BCUT2D eigenvalue weighted by atomic mass is 10.2. The van der Waals surface area contributed by atoms with Gasteiger partial charge in [0.2, 0.25) is 0 Å². The molecule has 3 N–H and O–H groups in total. The first-order valence-electron chi connectivity index (χ1n) is 6.72. The number of hydrogen-bond donors (Lipinski definition) is 2. The summed E-state index contributed by atoms with van der Waals surface area (Å²) >= 11 is 0. The summed E-state index contributed by atoms with van der Waals surface area (Å²) in [5, 5.41) is 23.2. The lowest BCUT2D eigenvalue weighted by Crippen LogP contribution is -2.33. The monoisotopic (exact) mass is 263 g/mol. The predicted octanol–water partition coefficient (Wildman–Crippen LogP) is 0.954. The van der Waals surface area contributed by atoms with Gasteiger partial charge in [0.1, 0.15) is 17.5 Å². The predicted molar refractivity (Wildman–Crippen MR) is 73.6 cm³/mol. The van der Waals surface area contributed by atoms with E-state index in [0.29, 0.717) is 29.7 Å². The molecular weight excluding hydrogens is 242 g/mol. The van der Waals surface area contributed by atoms with E-state index in [2.05, 4.69) is 25.0 Å². The topological polar surface area (TPSA) is 91.1 Å². The molecule has 1 fully saturated rings. The smallest absolute Gasteiger partial charge is 0.171 e. The van der Waals surface area contributed by atoms with Gasteiger partial charge in [-0.1, -0.05) is 13.8 Å². The number of aliphatic hydroxyl groups is 1. The SMILES string of the molecule is CC(C)Cn1nc(N2CCCC2CO)c(C#N)c1N. The second kappa shape index (κ2) is 5.49. The highest BCUT2D eigenvalue weighted by Gasteiger charge is 2.30. The van der Waals surface area contributed by atoms with E-state index < -0.39 is 0 Å². The highest BCUT2D eigenvalue weighted by molar-refractivity contribution is 5.65. The summed E-state index contributed by atoms with van der Waals surface area (Å²) in [5.41, 5.74) is 6.44. The van der Waals surface area contributed by atoms with E-state index in [1.165, 1.54) is 0 Å². The van der Waals surface area contributed by atoms with Crippen LogP contribution in [0.15, 0.2) is 0 Å². The second-order valence-electron chi connectivity index (χ2n) is 5.44. The Balaban J connectivity index is 2.37. The standard InChI is InChI=1S/C13H21N5O/c1-9(2)7-18-12(15)11(6-14)13(16-18)17-5-3-4-10(17)8-19/h9-10,19H,3-5,7-8,15H2,1-2H3. The van der Waals surface area contributed by atoms with Crippen LogP contribution in [0.25, 0.3) is 0 Å². The van der Waals surface area contributed by atoms with E-state index in [1.54, 1.807) is 4.68 Å². The highest BCUT2D eigenvalue weighted by atomic mass is 16.3. The maximum Gasteiger partial charge on any atom is 0.171 e. The quantitative estimate of drug-likeness (QED) is 0.844. The van der Waals surface area contributed by atoms with E-state index in [-0.39, 0.29) is 12.6 Å². The Bertz CT molecular complexity index is 488. The van der Waals surface area contributed by atoms with E-state index in [9.17, 15) is 10.4 Å². The number of rotatable bonds is 4. The number of anilines is 2. The Morgan fingerprint density at radius 3 is 2.89 bits per heavy atom. The van der Waals surface area contributed by atoms with Crippen LogP contribution < -0.4 is 10.6 Å². The minimum Gasteiger partial charge on any atom is -0.394 e. The van der Waals surface area contributed by atoms with Crippen molar-refractivity contribution >= 4 is 11.6 Å². The zero-order valence-electron chi connectivity index (χ0n) is 11.5. The van der Waals surface area contributed by atoms with Crippen LogP contribution in [-0.2, 0) is 6.54 Å². The number of nitrogens with zero attached hydrogens (tertiary/aromatic N) is 4. The number of aromatic nitrogens is 2. The summed E-state index contributed by atoms with van der Waals surface area (Å²) < 4.78 is 1.70. The second-order valence-corrected chi connectivity index (χ2v) is 5.44. The van der Waals surface area contributed by atoms with Crippen LogP contribution in [0.2, 0.25) is 0 Å². The van der Waals surface area contributed by atoms with Crippen molar-refractivity contribution in [2.45, 2.75) is 39.3 Å². The van der Waals surface area contributed by atoms with Gasteiger partial charge in [0.25, 0.3) is 0 Å². The number of hydrogen-bond acceptors (Lipinski definition) is 5. The fourth-order valence-corrected chi connectivity index (χ4v) is 2.56. The maximum atomic E-state index is 9.39. The number of nitrogens with two attached hydrogens (primary N) is 1. The average Bonchev–Trinajstić information content (AvgIpc) is 2.94. The molecule has 2 heterocycles. The van der Waals surface area contributed by atoms with Gasteiger partial charge in [-0.05, 0) is 18.8 Å². The van der Waals surface area contributed by atoms with E-state index >= 15 is 0 Å².